The lowest BCUT2D eigenvalue weighted by Crippen LogP contribution is -2.37. The Kier molecular flexibility index (Phi) is 5.16. The van der Waals surface area contributed by atoms with Crippen LogP contribution in [-0.4, -0.2) is 46.7 Å². The van der Waals surface area contributed by atoms with Crippen LogP contribution in [0.3, 0.4) is 0 Å². The molecule has 3 amide bonds. The van der Waals surface area contributed by atoms with Gasteiger partial charge in [-0.15, -0.1) is 0 Å². The van der Waals surface area contributed by atoms with E-state index in [1.807, 2.05) is 0 Å². The number of furan rings is 1. The standard InChI is InChI=1S/C17H13N3O8/c21-13(18-7-10-3-2-6-27-10)9-28-14(22)8-19-16(23)11-4-1-5-12(20(25)26)15(11)17(19)24/h1-6H,7-9H2,(H,18,21). The van der Waals surface area contributed by atoms with Crippen molar-refractivity contribution in [3.8, 4) is 0 Å². The highest BCUT2D eigenvalue weighted by molar-refractivity contribution is 6.24. The number of ether oxygens (including phenoxy) is 1. The van der Waals surface area contributed by atoms with Crippen LogP contribution in [0.5, 0.6) is 0 Å². The summed E-state index contributed by atoms with van der Waals surface area (Å²) in [6, 6.07) is 6.92. The monoisotopic (exact) mass is 387 g/mol. The number of hydrogen-bond acceptors (Lipinski definition) is 8. The molecule has 0 spiro atoms. The maximum absolute atomic E-state index is 12.3. The Balaban J connectivity index is 1.56. The Bertz CT molecular complexity index is 967. The van der Waals surface area contributed by atoms with Gasteiger partial charge in [0.25, 0.3) is 23.4 Å². The minimum Gasteiger partial charge on any atom is -0.467 e. The molecule has 11 nitrogen and oxygen atoms in total. The van der Waals surface area contributed by atoms with Crippen molar-refractivity contribution in [3.05, 3.63) is 63.6 Å². The first kappa shape index (κ1) is 18.8. The van der Waals surface area contributed by atoms with Crippen LogP contribution in [0.15, 0.2) is 41.0 Å². The van der Waals surface area contributed by atoms with Crippen LogP contribution in [-0.2, 0) is 20.9 Å². The first-order valence-corrected chi connectivity index (χ1v) is 7.96. The van der Waals surface area contributed by atoms with Crippen molar-refractivity contribution >= 4 is 29.4 Å². The van der Waals surface area contributed by atoms with E-state index in [9.17, 15) is 29.3 Å². The number of nitrogens with one attached hydrogen (secondary N) is 1. The Morgan fingerprint density at radius 2 is 1.96 bits per heavy atom. The molecule has 2 aromatic rings. The second kappa shape index (κ2) is 7.70. The van der Waals surface area contributed by atoms with Gasteiger partial charge in [-0.1, -0.05) is 6.07 Å². The van der Waals surface area contributed by atoms with Crippen molar-refractivity contribution < 1.29 is 33.3 Å². The number of hydrogen-bond donors (Lipinski definition) is 1. The molecule has 28 heavy (non-hydrogen) atoms. The minimum absolute atomic E-state index is 0.103. The Morgan fingerprint density at radius 1 is 1.18 bits per heavy atom. The van der Waals surface area contributed by atoms with Gasteiger partial charge < -0.3 is 14.5 Å². The number of nitro benzene ring substituents is 1. The van der Waals surface area contributed by atoms with Crippen LogP contribution in [0.2, 0.25) is 0 Å². The van der Waals surface area contributed by atoms with Crippen LogP contribution in [0.1, 0.15) is 26.5 Å². The molecule has 0 saturated carbocycles. The van der Waals surface area contributed by atoms with Gasteiger partial charge in [-0.05, 0) is 18.2 Å². The molecule has 11 heteroatoms. The number of carbonyl (C=O) groups excluding carboxylic acids is 4. The van der Waals surface area contributed by atoms with Crippen molar-refractivity contribution in [2.75, 3.05) is 13.2 Å². The summed E-state index contributed by atoms with van der Waals surface area (Å²) in [5.74, 6) is -2.92. The molecule has 1 aliphatic heterocycles. The topological polar surface area (TPSA) is 149 Å². The second-order valence-corrected chi connectivity index (χ2v) is 5.67. The summed E-state index contributed by atoms with van der Waals surface area (Å²) in [7, 11) is 0. The van der Waals surface area contributed by atoms with E-state index in [0.717, 1.165) is 6.07 Å². The first-order valence-electron chi connectivity index (χ1n) is 7.96. The number of carbonyl (C=O) groups is 4. The summed E-state index contributed by atoms with van der Waals surface area (Å²) < 4.78 is 9.77. The first-order chi connectivity index (χ1) is 13.4. The fourth-order valence-electron chi connectivity index (χ4n) is 2.58. The van der Waals surface area contributed by atoms with Crippen molar-refractivity contribution in [1.82, 2.24) is 10.2 Å². The molecular formula is C17H13N3O8. The largest absolute Gasteiger partial charge is 0.467 e. The van der Waals surface area contributed by atoms with E-state index in [1.54, 1.807) is 12.1 Å². The summed E-state index contributed by atoms with van der Waals surface area (Å²) in [6.45, 7) is -1.29. The maximum atomic E-state index is 12.3. The van der Waals surface area contributed by atoms with Gasteiger partial charge in [0.05, 0.1) is 23.3 Å². The molecule has 1 aromatic heterocycles. The smallest absolute Gasteiger partial charge is 0.326 e. The summed E-state index contributed by atoms with van der Waals surface area (Å²) >= 11 is 0. The number of nitrogens with zero attached hydrogens (tertiary/aromatic N) is 2. The average Bonchev–Trinajstić information content (AvgIpc) is 3.27. The number of amides is 3. The summed E-state index contributed by atoms with van der Waals surface area (Å²) in [4.78, 5) is 59.0. The Hall–Kier alpha value is -4.02. The van der Waals surface area contributed by atoms with Crippen molar-refractivity contribution in [2.45, 2.75) is 6.54 Å². The number of fused-ring (bicyclic) bond motifs is 1. The highest BCUT2D eigenvalue weighted by Crippen LogP contribution is 2.30. The van der Waals surface area contributed by atoms with E-state index in [1.165, 1.54) is 18.4 Å². The number of nitro groups is 1. The lowest BCUT2D eigenvalue weighted by molar-refractivity contribution is -0.385. The number of rotatable bonds is 7. The Labute approximate surface area is 157 Å². The minimum atomic E-state index is -1.01. The quantitative estimate of drug-likeness (QED) is 0.315. The lowest BCUT2D eigenvalue weighted by Gasteiger charge is -2.12. The van der Waals surface area contributed by atoms with Crippen molar-refractivity contribution in [1.29, 1.82) is 0 Å². The van der Waals surface area contributed by atoms with Gasteiger partial charge in [-0.2, -0.15) is 0 Å². The molecule has 1 aliphatic rings. The Morgan fingerprint density at radius 3 is 2.64 bits per heavy atom. The molecule has 0 radical (unpaired) electrons. The molecule has 0 atom stereocenters. The molecule has 0 fully saturated rings. The number of imide groups is 1. The normalized spacial score (nSPS) is 12.6. The predicted molar refractivity (Wildman–Crippen MR) is 90.0 cm³/mol. The number of benzene rings is 1. The summed E-state index contributed by atoms with van der Waals surface area (Å²) in [6.07, 6.45) is 1.44. The van der Waals surface area contributed by atoms with E-state index in [2.05, 4.69) is 5.32 Å². The van der Waals surface area contributed by atoms with E-state index in [0.29, 0.717) is 10.7 Å². The van der Waals surface area contributed by atoms with E-state index < -0.39 is 47.5 Å². The predicted octanol–water partition coefficient (Wildman–Crippen LogP) is 0.643. The highest BCUT2D eigenvalue weighted by atomic mass is 16.6. The molecule has 0 saturated heterocycles. The highest BCUT2D eigenvalue weighted by Gasteiger charge is 2.41. The third kappa shape index (κ3) is 3.72. The van der Waals surface area contributed by atoms with Gasteiger partial charge in [0.2, 0.25) is 0 Å². The van der Waals surface area contributed by atoms with E-state index in [4.69, 9.17) is 9.15 Å². The van der Waals surface area contributed by atoms with E-state index in [-0.39, 0.29) is 17.7 Å². The third-order valence-electron chi connectivity index (χ3n) is 3.87. The zero-order valence-electron chi connectivity index (χ0n) is 14.2. The third-order valence-corrected chi connectivity index (χ3v) is 3.87. The zero-order chi connectivity index (χ0) is 20.3. The van der Waals surface area contributed by atoms with Gasteiger partial charge >= 0.3 is 5.97 Å². The summed E-state index contributed by atoms with van der Waals surface area (Å²) in [5, 5.41) is 13.5. The molecule has 3 rings (SSSR count). The van der Waals surface area contributed by atoms with Gasteiger partial charge in [-0.3, -0.25) is 34.2 Å². The SMILES string of the molecule is O=C(COC(=O)CN1C(=O)c2cccc([N+](=O)[O-])c2C1=O)NCc1ccco1. The van der Waals surface area contributed by atoms with Crippen LogP contribution in [0.25, 0.3) is 0 Å². The molecule has 0 aliphatic carbocycles. The van der Waals surface area contributed by atoms with Crippen molar-refractivity contribution in [2.24, 2.45) is 0 Å². The average molecular weight is 387 g/mol. The summed E-state index contributed by atoms with van der Waals surface area (Å²) in [5.41, 5.74) is -1.06. The fourth-order valence-corrected chi connectivity index (χ4v) is 2.58. The van der Waals surface area contributed by atoms with Gasteiger partial charge in [0.1, 0.15) is 17.9 Å². The van der Waals surface area contributed by atoms with Crippen LogP contribution in [0.4, 0.5) is 5.69 Å². The molecule has 144 valence electrons. The van der Waals surface area contributed by atoms with E-state index >= 15 is 0 Å². The molecule has 1 aromatic carbocycles. The van der Waals surface area contributed by atoms with Crippen LogP contribution in [0, 0.1) is 10.1 Å². The molecule has 1 N–H and O–H groups in total. The fraction of sp³-hybridized carbons (Fsp3) is 0.176. The number of esters is 1. The second-order valence-electron chi connectivity index (χ2n) is 5.67. The maximum Gasteiger partial charge on any atom is 0.326 e. The molecule has 0 unspecified atom stereocenters. The van der Waals surface area contributed by atoms with Crippen LogP contribution >= 0.6 is 0 Å². The zero-order valence-corrected chi connectivity index (χ0v) is 14.2. The molecule has 0 bridgehead atoms. The van der Waals surface area contributed by atoms with Crippen LogP contribution < -0.4 is 5.32 Å². The van der Waals surface area contributed by atoms with Crippen molar-refractivity contribution in [3.63, 3.8) is 0 Å². The molecular weight excluding hydrogens is 374 g/mol. The van der Waals surface area contributed by atoms with Gasteiger partial charge in [0.15, 0.2) is 6.61 Å². The lowest BCUT2D eigenvalue weighted by atomic mass is 10.1. The molecule has 2 heterocycles. The van der Waals surface area contributed by atoms with Gasteiger partial charge in [0, 0.05) is 6.07 Å². The van der Waals surface area contributed by atoms with Gasteiger partial charge in [-0.25, -0.2) is 0 Å².